The molecule has 3 heterocycles. The van der Waals surface area contributed by atoms with Gasteiger partial charge in [-0.25, -0.2) is 9.97 Å². The molecule has 0 spiro atoms. The molecule has 33 heavy (non-hydrogen) atoms. The molecule has 1 saturated heterocycles. The van der Waals surface area contributed by atoms with Gasteiger partial charge in [-0.1, -0.05) is 6.07 Å². The summed E-state index contributed by atoms with van der Waals surface area (Å²) in [6.07, 6.45) is 11.9. The van der Waals surface area contributed by atoms with Gasteiger partial charge in [0.2, 0.25) is 5.95 Å². The molecule has 0 radical (unpaired) electrons. The quantitative estimate of drug-likeness (QED) is 0.371. The van der Waals surface area contributed by atoms with Crippen LogP contribution in [0.25, 0.3) is 11.1 Å². The molecule has 3 aromatic rings. The SMILES string of the molecule is O=CC=CN1CC[C@H](Nc2cncc(-c3cnc(Nc4cccc(OC(F)F)c4)nc3)c2)C1. The number of benzene rings is 1. The predicted molar refractivity (Wildman–Crippen MR) is 120 cm³/mol. The van der Waals surface area contributed by atoms with Gasteiger partial charge < -0.3 is 20.3 Å². The molecule has 10 heteroatoms. The van der Waals surface area contributed by atoms with Gasteiger partial charge in [-0.15, -0.1) is 0 Å². The Morgan fingerprint density at radius 3 is 2.73 bits per heavy atom. The zero-order chi connectivity index (χ0) is 23.0. The van der Waals surface area contributed by atoms with E-state index < -0.39 is 6.61 Å². The average Bonchev–Trinajstić information content (AvgIpc) is 3.25. The van der Waals surface area contributed by atoms with E-state index >= 15 is 0 Å². The van der Waals surface area contributed by atoms with Crippen molar-refractivity contribution >= 4 is 23.6 Å². The molecule has 1 fully saturated rings. The monoisotopic (exact) mass is 452 g/mol. The maximum Gasteiger partial charge on any atom is 0.387 e. The third kappa shape index (κ3) is 6.22. The smallest absolute Gasteiger partial charge is 0.387 e. The summed E-state index contributed by atoms with van der Waals surface area (Å²) in [4.78, 5) is 25.5. The van der Waals surface area contributed by atoms with Crippen LogP contribution < -0.4 is 15.4 Å². The van der Waals surface area contributed by atoms with E-state index in [1.165, 1.54) is 18.2 Å². The number of hydrogen-bond acceptors (Lipinski definition) is 8. The van der Waals surface area contributed by atoms with Gasteiger partial charge in [0.1, 0.15) is 12.0 Å². The number of rotatable bonds is 9. The molecule has 2 N–H and O–H groups in total. The molecule has 170 valence electrons. The molecule has 1 aliphatic rings. The van der Waals surface area contributed by atoms with Crippen molar-refractivity contribution in [2.45, 2.75) is 19.1 Å². The lowest BCUT2D eigenvalue weighted by atomic mass is 10.1. The maximum absolute atomic E-state index is 12.4. The minimum absolute atomic E-state index is 0.0483. The number of likely N-dealkylation sites (tertiary alicyclic amines) is 1. The molecule has 0 unspecified atom stereocenters. The summed E-state index contributed by atoms with van der Waals surface area (Å²) in [5.41, 5.74) is 3.06. The Hall–Kier alpha value is -4.08. The molecule has 0 aliphatic carbocycles. The van der Waals surface area contributed by atoms with E-state index in [-0.39, 0.29) is 11.8 Å². The molecule has 0 saturated carbocycles. The highest BCUT2D eigenvalue weighted by Gasteiger charge is 2.20. The summed E-state index contributed by atoms with van der Waals surface area (Å²) in [7, 11) is 0. The second-order valence-electron chi connectivity index (χ2n) is 7.39. The van der Waals surface area contributed by atoms with Gasteiger partial charge in [-0.3, -0.25) is 9.78 Å². The minimum atomic E-state index is -2.89. The fraction of sp³-hybridized carbons (Fsp3) is 0.217. The lowest BCUT2D eigenvalue weighted by Crippen LogP contribution is -2.23. The van der Waals surface area contributed by atoms with Crippen molar-refractivity contribution in [2.24, 2.45) is 0 Å². The van der Waals surface area contributed by atoms with E-state index in [0.717, 1.165) is 42.6 Å². The van der Waals surface area contributed by atoms with Crippen molar-refractivity contribution in [3.63, 3.8) is 0 Å². The number of pyridine rings is 1. The number of carbonyl (C=O) groups is 1. The lowest BCUT2D eigenvalue weighted by Gasteiger charge is -2.15. The Balaban J connectivity index is 1.39. The fourth-order valence-electron chi connectivity index (χ4n) is 3.53. The Morgan fingerprint density at radius 2 is 1.94 bits per heavy atom. The van der Waals surface area contributed by atoms with Crippen LogP contribution in [0.3, 0.4) is 0 Å². The maximum atomic E-state index is 12.4. The second-order valence-corrected chi connectivity index (χ2v) is 7.39. The van der Waals surface area contributed by atoms with Crippen molar-refractivity contribution in [3.05, 3.63) is 67.4 Å². The molecular formula is C23H22F2N6O2. The van der Waals surface area contributed by atoms with Crippen LogP contribution in [0.15, 0.2) is 67.4 Å². The standard InChI is InChI=1S/C23H22F2N6O2/c24-22(25)33-21-4-1-3-18(10-21)30-23-27-12-17(13-28-23)16-9-20(14-26-11-16)29-19-5-7-31(15-19)6-2-8-32/h1-4,6,8-14,19,22,29H,5,7,15H2,(H,27,28,30)/t19-/m0/s1. The topological polar surface area (TPSA) is 92.3 Å². The van der Waals surface area contributed by atoms with Crippen molar-refractivity contribution in [1.29, 1.82) is 0 Å². The Bertz CT molecular complexity index is 1110. The first kappa shape index (κ1) is 22.1. The molecule has 0 amide bonds. The first-order chi connectivity index (χ1) is 16.1. The molecule has 1 atom stereocenters. The number of alkyl halides is 2. The number of nitrogens with one attached hydrogen (secondary N) is 2. The van der Waals surface area contributed by atoms with Gasteiger partial charge in [0, 0.05) is 73.0 Å². The number of allylic oxidation sites excluding steroid dienone is 1. The summed E-state index contributed by atoms with van der Waals surface area (Å²) >= 11 is 0. The highest BCUT2D eigenvalue weighted by atomic mass is 19.3. The summed E-state index contributed by atoms with van der Waals surface area (Å²) in [5.74, 6) is 0.372. The van der Waals surface area contributed by atoms with Gasteiger partial charge in [0.05, 0.1) is 5.69 Å². The molecule has 0 bridgehead atoms. The zero-order valence-corrected chi connectivity index (χ0v) is 17.6. The molecule has 4 rings (SSSR count). The van der Waals surface area contributed by atoms with E-state index in [1.54, 1.807) is 43.1 Å². The Labute approximate surface area is 189 Å². The molecule has 1 aliphatic heterocycles. The van der Waals surface area contributed by atoms with Crippen LogP contribution in [0.5, 0.6) is 5.75 Å². The van der Waals surface area contributed by atoms with Gasteiger partial charge in [-0.05, 0) is 30.7 Å². The average molecular weight is 452 g/mol. The van der Waals surface area contributed by atoms with Crippen molar-refractivity contribution in [3.8, 4) is 16.9 Å². The summed E-state index contributed by atoms with van der Waals surface area (Å²) in [6, 6.07) is 8.43. The van der Waals surface area contributed by atoms with E-state index in [2.05, 4.69) is 35.2 Å². The largest absolute Gasteiger partial charge is 0.435 e. The molecule has 8 nitrogen and oxygen atoms in total. The summed E-state index contributed by atoms with van der Waals surface area (Å²) in [5, 5.41) is 6.44. The molecule has 2 aromatic heterocycles. The van der Waals surface area contributed by atoms with Crippen LogP contribution >= 0.6 is 0 Å². The first-order valence-corrected chi connectivity index (χ1v) is 10.3. The lowest BCUT2D eigenvalue weighted by molar-refractivity contribution is -0.104. The number of aromatic nitrogens is 3. The van der Waals surface area contributed by atoms with E-state index in [9.17, 15) is 13.6 Å². The van der Waals surface area contributed by atoms with Gasteiger partial charge in [-0.2, -0.15) is 8.78 Å². The Kier molecular flexibility index (Phi) is 7.03. The normalized spacial score (nSPS) is 15.7. The Morgan fingerprint density at radius 1 is 1.09 bits per heavy atom. The molecule has 1 aromatic carbocycles. The fourth-order valence-corrected chi connectivity index (χ4v) is 3.53. The third-order valence-electron chi connectivity index (χ3n) is 5.00. The van der Waals surface area contributed by atoms with Gasteiger partial charge in [0.25, 0.3) is 0 Å². The van der Waals surface area contributed by atoms with Gasteiger partial charge >= 0.3 is 6.61 Å². The number of nitrogens with zero attached hydrogens (tertiary/aromatic N) is 4. The zero-order valence-electron chi connectivity index (χ0n) is 17.6. The van der Waals surface area contributed by atoms with E-state index in [4.69, 9.17) is 0 Å². The van der Waals surface area contributed by atoms with E-state index in [0.29, 0.717) is 11.6 Å². The number of hydrogen-bond donors (Lipinski definition) is 2. The highest BCUT2D eigenvalue weighted by molar-refractivity contribution is 5.66. The number of carbonyl (C=O) groups excluding carboxylic acids is 1. The van der Waals surface area contributed by atoms with Crippen molar-refractivity contribution in [1.82, 2.24) is 19.9 Å². The molecular weight excluding hydrogens is 430 g/mol. The second kappa shape index (κ2) is 10.5. The van der Waals surface area contributed by atoms with Crippen LogP contribution in [0.4, 0.5) is 26.1 Å². The van der Waals surface area contributed by atoms with Crippen LogP contribution in [0.2, 0.25) is 0 Å². The number of ether oxygens (including phenoxy) is 1. The van der Waals surface area contributed by atoms with Crippen LogP contribution in [-0.2, 0) is 4.79 Å². The predicted octanol–water partition coefficient (Wildman–Crippen LogP) is 4.08. The highest BCUT2D eigenvalue weighted by Crippen LogP contribution is 2.24. The van der Waals surface area contributed by atoms with Crippen molar-refractivity contribution < 1.29 is 18.3 Å². The van der Waals surface area contributed by atoms with Crippen LogP contribution in [-0.4, -0.2) is 51.9 Å². The van der Waals surface area contributed by atoms with Crippen LogP contribution in [0.1, 0.15) is 6.42 Å². The number of halogens is 2. The van der Waals surface area contributed by atoms with E-state index in [1.807, 2.05) is 6.07 Å². The summed E-state index contributed by atoms with van der Waals surface area (Å²) in [6.45, 7) is -1.20. The van der Waals surface area contributed by atoms with Gasteiger partial charge in [0.15, 0.2) is 0 Å². The number of anilines is 3. The minimum Gasteiger partial charge on any atom is -0.435 e. The number of aldehydes is 1. The van der Waals surface area contributed by atoms with Crippen LogP contribution in [0, 0.1) is 0 Å². The first-order valence-electron chi connectivity index (χ1n) is 10.3. The third-order valence-corrected chi connectivity index (χ3v) is 5.00. The van der Waals surface area contributed by atoms with Crippen molar-refractivity contribution in [2.75, 3.05) is 23.7 Å². The summed E-state index contributed by atoms with van der Waals surface area (Å²) < 4.78 is 29.2.